The van der Waals surface area contributed by atoms with Crippen LogP contribution in [0.25, 0.3) is 11.1 Å². The summed E-state index contributed by atoms with van der Waals surface area (Å²) in [4.78, 5) is 31.8. The second-order valence-electron chi connectivity index (χ2n) is 6.42. The van der Waals surface area contributed by atoms with Crippen molar-refractivity contribution in [2.24, 2.45) is 0 Å². The number of hydrogen-bond acceptors (Lipinski definition) is 6. The number of hydrogen-bond donors (Lipinski definition) is 0. The molecule has 1 aliphatic rings. The van der Waals surface area contributed by atoms with Gasteiger partial charge in [0.25, 0.3) is 11.5 Å². The molecule has 2 aromatic rings. The Morgan fingerprint density at radius 1 is 1.36 bits per heavy atom. The standard InChI is InChI=1S/C17H23N3O5/c1-10-7-20(8-11(2)24-10)16(21)13-12(3)25-15-14(13)17(22)19(9-18-15)5-6-23-4/h9-11H,5-8H2,1-4H3. The molecule has 3 rings (SSSR count). The summed E-state index contributed by atoms with van der Waals surface area (Å²) in [6, 6.07) is 0. The first-order valence-corrected chi connectivity index (χ1v) is 8.34. The van der Waals surface area contributed by atoms with E-state index >= 15 is 0 Å². The maximum atomic E-state index is 13.1. The number of nitrogens with zero attached hydrogens (tertiary/aromatic N) is 3. The van der Waals surface area contributed by atoms with E-state index in [1.165, 1.54) is 10.9 Å². The fourth-order valence-electron chi connectivity index (χ4n) is 3.25. The summed E-state index contributed by atoms with van der Waals surface area (Å²) in [5, 5.41) is 0.230. The maximum Gasteiger partial charge on any atom is 0.265 e. The highest BCUT2D eigenvalue weighted by atomic mass is 16.5. The van der Waals surface area contributed by atoms with E-state index in [0.29, 0.717) is 37.6 Å². The first-order chi connectivity index (χ1) is 11.9. The molecule has 1 saturated heterocycles. The second kappa shape index (κ2) is 6.97. The molecular formula is C17H23N3O5. The number of ether oxygens (including phenoxy) is 2. The van der Waals surface area contributed by atoms with E-state index in [2.05, 4.69) is 4.98 Å². The lowest BCUT2D eigenvalue weighted by atomic mass is 10.1. The van der Waals surface area contributed by atoms with Crippen molar-refractivity contribution in [3.63, 3.8) is 0 Å². The first kappa shape index (κ1) is 17.6. The normalized spacial score (nSPS) is 21.0. The number of carbonyl (C=O) groups is 1. The smallest absolute Gasteiger partial charge is 0.265 e. The van der Waals surface area contributed by atoms with Crippen LogP contribution in [0.3, 0.4) is 0 Å². The summed E-state index contributed by atoms with van der Waals surface area (Å²) in [6.07, 6.45) is 1.31. The summed E-state index contributed by atoms with van der Waals surface area (Å²) in [5.41, 5.74) is 0.186. The Morgan fingerprint density at radius 3 is 2.68 bits per heavy atom. The Labute approximate surface area is 145 Å². The molecular weight excluding hydrogens is 326 g/mol. The average molecular weight is 349 g/mol. The van der Waals surface area contributed by atoms with Crippen LogP contribution < -0.4 is 5.56 Å². The van der Waals surface area contributed by atoms with E-state index in [0.717, 1.165) is 0 Å². The molecule has 8 heteroatoms. The molecule has 0 spiro atoms. The summed E-state index contributed by atoms with van der Waals surface area (Å²) in [7, 11) is 1.56. The molecule has 25 heavy (non-hydrogen) atoms. The third-order valence-electron chi connectivity index (χ3n) is 4.31. The molecule has 0 saturated carbocycles. The number of furan rings is 1. The number of aromatic nitrogens is 2. The minimum Gasteiger partial charge on any atom is -0.442 e. The Bertz CT molecular complexity index is 831. The molecule has 0 aliphatic carbocycles. The van der Waals surface area contributed by atoms with Crippen LogP contribution in [-0.2, 0) is 16.0 Å². The van der Waals surface area contributed by atoms with Gasteiger partial charge in [-0.1, -0.05) is 0 Å². The van der Waals surface area contributed by atoms with Crippen LogP contribution in [0.5, 0.6) is 0 Å². The van der Waals surface area contributed by atoms with Crippen LogP contribution in [0, 0.1) is 6.92 Å². The molecule has 0 aromatic carbocycles. The van der Waals surface area contributed by atoms with Crippen LogP contribution in [0.4, 0.5) is 0 Å². The van der Waals surface area contributed by atoms with Gasteiger partial charge in [0.1, 0.15) is 17.5 Å². The van der Waals surface area contributed by atoms with Gasteiger partial charge in [0, 0.05) is 20.2 Å². The molecule has 1 fully saturated rings. The van der Waals surface area contributed by atoms with Crippen molar-refractivity contribution in [1.82, 2.24) is 14.5 Å². The van der Waals surface area contributed by atoms with Crippen LogP contribution in [-0.4, -0.2) is 59.4 Å². The van der Waals surface area contributed by atoms with Gasteiger partial charge in [0.2, 0.25) is 5.71 Å². The van der Waals surface area contributed by atoms with Gasteiger partial charge in [-0.2, -0.15) is 0 Å². The maximum absolute atomic E-state index is 13.1. The zero-order chi connectivity index (χ0) is 18.1. The van der Waals surface area contributed by atoms with E-state index in [-0.39, 0.29) is 34.8 Å². The van der Waals surface area contributed by atoms with Crippen LogP contribution >= 0.6 is 0 Å². The highest BCUT2D eigenvalue weighted by Crippen LogP contribution is 2.24. The number of rotatable bonds is 4. The molecule has 3 heterocycles. The highest BCUT2D eigenvalue weighted by Gasteiger charge is 2.31. The SMILES string of the molecule is COCCn1cnc2oc(C)c(C(=O)N3CC(C)OC(C)C3)c2c1=O. The quantitative estimate of drug-likeness (QED) is 0.824. The van der Waals surface area contributed by atoms with Gasteiger partial charge in [-0.15, -0.1) is 0 Å². The van der Waals surface area contributed by atoms with Gasteiger partial charge in [-0.25, -0.2) is 4.98 Å². The van der Waals surface area contributed by atoms with Crippen LogP contribution in [0.15, 0.2) is 15.5 Å². The number of aryl methyl sites for hydroxylation is 1. The van der Waals surface area contributed by atoms with Crippen molar-refractivity contribution in [2.45, 2.75) is 39.5 Å². The Morgan fingerprint density at radius 2 is 2.04 bits per heavy atom. The predicted molar refractivity (Wildman–Crippen MR) is 90.8 cm³/mol. The molecule has 0 radical (unpaired) electrons. The largest absolute Gasteiger partial charge is 0.442 e. The lowest BCUT2D eigenvalue weighted by Crippen LogP contribution is -2.48. The third kappa shape index (κ3) is 3.32. The molecule has 8 nitrogen and oxygen atoms in total. The van der Waals surface area contributed by atoms with Crippen molar-refractivity contribution in [3.8, 4) is 0 Å². The molecule has 2 atom stereocenters. The topological polar surface area (TPSA) is 86.8 Å². The summed E-state index contributed by atoms with van der Waals surface area (Å²) in [5.74, 6) is 0.183. The van der Waals surface area contributed by atoms with Gasteiger partial charge in [0.05, 0.1) is 30.9 Å². The molecule has 2 unspecified atom stereocenters. The predicted octanol–water partition coefficient (Wildman–Crippen LogP) is 1.19. The van der Waals surface area contributed by atoms with Crippen molar-refractivity contribution in [1.29, 1.82) is 0 Å². The molecule has 0 bridgehead atoms. The number of morpholine rings is 1. The summed E-state index contributed by atoms with van der Waals surface area (Å²) >= 11 is 0. The minimum absolute atomic E-state index is 0.0531. The molecule has 0 N–H and O–H groups in total. The fourth-order valence-corrected chi connectivity index (χ4v) is 3.25. The van der Waals surface area contributed by atoms with Gasteiger partial charge in [0.15, 0.2) is 0 Å². The van der Waals surface area contributed by atoms with Gasteiger partial charge in [-0.3, -0.25) is 14.2 Å². The van der Waals surface area contributed by atoms with E-state index in [1.54, 1.807) is 18.9 Å². The second-order valence-corrected chi connectivity index (χ2v) is 6.42. The number of amides is 1. The summed E-state index contributed by atoms with van der Waals surface area (Å²) < 4.78 is 17.7. The molecule has 1 aliphatic heterocycles. The van der Waals surface area contributed by atoms with Crippen LogP contribution in [0.1, 0.15) is 30.0 Å². The van der Waals surface area contributed by atoms with E-state index in [4.69, 9.17) is 13.9 Å². The lowest BCUT2D eigenvalue weighted by molar-refractivity contribution is -0.0586. The number of fused-ring (bicyclic) bond motifs is 1. The van der Waals surface area contributed by atoms with Crippen molar-refractivity contribution >= 4 is 17.0 Å². The van der Waals surface area contributed by atoms with E-state index in [1.807, 2.05) is 13.8 Å². The van der Waals surface area contributed by atoms with Crippen molar-refractivity contribution < 1.29 is 18.7 Å². The zero-order valence-electron chi connectivity index (χ0n) is 14.9. The minimum atomic E-state index is -0.295. The monoisotopic (exact) mass is 349 g/mol. The van der Waals surface area contributed by atoms with Gasteiger partial charge in [-0.05, 0) is 20.8 Å². The fraction of sp³-hybridized carbons (Fsp3) is 0.588. The first-order valence-electron chi connectivity index (χ1n) is 8.34. The molecule has 136 valence electrons. The Hall–Kier alpha value is -2.19. The van der Waals surface area contributed by atoms with Crippen LogP contribution in [0.2, 0.25) is 0 Å². The number of carbonyl (C=O) groups excluding carboxylic acids is 1. The van der Waals surface area contributed by atoms with E-state index in [9.17, 15) is 9.59 Å². The van der Waals surface area contributed by atoms with E-state index < -0.39 is 0 Å². The average Bonchev–Trinajstić information content (AvgIpc) is 2.89. The molecule has 2 aromatic heterocycles. The lowest BCUT2D eigenvalue weighted by Gasteiger charge is -2.35. The summed E-state index contributed by atoms with van der Waals surface area (Å²) in [6.45, 7) is 7.24. The zero-order valence-corrected chi connectivity index (χ0v) is 14.9. The molecule has 1 amide bonds. The Kier molecular flexibility index (Phi) is 4.91. The van der Waals surface area contributed by atoms with Crippen molar-refractivity contribution in [3.05, 3.63) is 28.0 Å². The third-order valence-corrected chi connectivity index (χ3v) is 4.31. The van der Waals surface area contributed by atoms with Gasteiger partial charge < -0.3 is 18.8 Å². The van der Waals surface area contributed by atoms with Crippen molar-refractivity contribution in [2.75, 3.05) is 26.8 Å². The Balaban J connectivity index is 2.04. The van der Waals surface area contributed by atoms with Gasteiger partial charge >= 0.3 is 0 Å². The number of methoxy groups -OCH3 is 1. The highest BCUT2D eigenvalue weighted by molar-refractivity contribution is 6.06.